The fourth-order valence-electron chi connectivity index (χ4n) is 2.43. The van der Waals surface area contributed by atoms with Gasteiger partial charge in [0.05, 0.1) is 24.0 Å². The Morgan fingerprint density at radius 2 is 2.44 bits per heavy atom. The molecule has 1 fully saturated rings. The van der Waals surface area contributed by atoms with Crippen LogP contribution in [-0.2, 0) is 6.54 Å². The molecule has 16 heavy (non-hydrogen) atoms. The van der Waals surface area contributed by atoms with E-state index in [0.717, 1.165) is 24.3 Å². The Morgan fingerprint density at radius 1 is 1.62 bits per heavy atom. The number of hydrogen-bond donors (Lipinski definition) is 2. The summed E-state index contributed by atoms with van der Waals surface area (Å²) in [6, 6.07) is 4.16. The number of anilines is 1. The maximum Gasteiger partial charge on any atom is 0.0772 e. The molecule has 0 aromatic carbocycles. The zero-order chi connectivity index (χ0) is 11.5. The lowest BCUT2D eigenvalue weighted by Gasteiger charge is -2.28. The number of aliphatic hydroxyl groups is 1. The first-order valence-corrected chi connectivity index (χ1v) is 5.79. The lowest BCUT2D eigenvalue weighted by Crippen LogP contribution is -2.36. The van der Waals surface area contributed by atoms with Gasteiger partial charge in [-0.25, -0.2) is 0 Å². The van der Waals surface area contributed by atoms with Gasteiger partial charge in [-0.1, -0.05) is 6.92 Å². The number of aromatic nitrogens is 1. The van der Waals surface area contributed by atoms with Crippen molar-refractivity contribution in [1.82, 2.24) is 4.98 Å². The average molecular weight is 221 g/mol. The Hall–Kier alpha value is -1.13. The van der Waals surface area contributed by atoms with E-state index in [-0.39, 0.29) is 12.6 Å². The number of pyridine rings is 1. The van der Waals surface area contributed by atoms with Crippen molar-refractivity contribution in [2.24, 2.45) is 11.7 Å². The molecule has 1 aromatic rings. The molecule has 2 atom stereocenters. The quantitative estimate of drug-likeness (QED) is 0.790. The molecule has 1 saturated heterocycles. The summed E-state index contributed by atoms with van der Waals surface area (Å²) in [7, 11) is 0. The molecule has 1 aliphatic rings. The summed E-state index contributed by atoms with van der Waals surface area (Å²) >= 11 is 0. The van der Waals surface area contributed by atoms with Crippen LogP contribution in [0, 0.1) is 5.92 Å². The number of rotatable bonds is 3. The van der Waals surface area contributed by atoms with Crippen LogP contribution in [0.1, 0.15) is 19.0 Å². The summed E-state index contributed by atoms with van der Waals surface area (Å²) in [6.45, 7) is 3.80. The lowest BCUT2D eigenvalue weighted by molar-refractivity contribution is 0.244. The van der Waals surface area contributed by atoms with E-state index in [1.165, 1.54) is 0 Å². The van der Waals surface area contributed by atoms with E-state index in [4.69, 9.17) is 5.73 Å². The van der Waals surface area contributed by atoms with Crippen molar-refractivity contribution in [3.8, 4) is 0 Å². The van der Waals surface area contributed by atoms with Gasteiger partial charge in [-0.2, -0.15) is 0 Å². The molecule has 2 heterocycles. The first-order chi connectivity index (χ1) is 7.77. The minimum Gasteiger partial charge on any atom is -0.394 e. The molecule has 88 valence electrons. The first kappa shape index (κ1) is 11.4. The molecule has 2 unspecified atom stereocenters. The van der Waals surface area contributed by atoms with Crippen molar-refractivity contribution in [3.05, 3.63) is 24.0 Å². The van der Waals surface area contributed by atoms with Crippen LogP contribution >= 0.6 is 0 Å². The summed E-state index contributed by atoms with van der Waals surface area (Å²) in [6.07, 6.45) is 2.88. The van der Waals surface area contributed by atoms with Crippen LogP contribution in [0.4, 0.5) is 5.69 Å². The highest BCUT2D eigenvalue weighted by molar-refractivity contribution is 5.52. The molecular weight excluding hydrogens is 202 g/mol. The highest BCUT2D eigenvalue weighted by Crippen LogP contribution is 2.30. The summed E-state index contributed by atoms with van der Waals surface area (Å²) in [5.41, 5.74) is 7.68. The highest BCUT2D eigenvalue weighted by atomic mass is 16.3. The Bertz CT molecular complexity index is 356. The molecule has 1 aliphatic heterocycles. The molecule has 3 N–H and O–H groups in total. The molecule has 0 bridgehead atoms. The molecule has 0 spiro atoms. The third-order valence-electron chi connectivity index (χ3n) is 3.44. The fraction of sp³-hybridized carbons (Fsp3) is 0.583. The van der Waals surface area contributed by atoms with Crippen LogP contribution in [0.2, 0.25) is 0 Å². The van der Waals surface area contributed by atoms with E-state index >= 15 is 0 Å². The lowest BCUT2D eigenvalue weighted by atomic mass is 10.0. The second-order valence-electron chi connectivity index (χ2n) is 4.38. The molecule has 0 saturated carbocycles. The summed E-state index contributed by atoms with van der Waals surface area (Å²) in [5, 5.41) is 9.44. The third kappa shape index (κ3) is 1.90. The number of hydrogen-bond acceptors (Lipinski definition) is 4. The SMILES string of the molecule is CC1CCN(c2cccnc2CN)C1CO. The van der Waals surface area contributed by atoms with Gasteiger partial charge in [0, 0.05) is 19.3 Å². The monoisotopic (exact) mass is 221 g/mol. The molecule has 0 aliphatic carbocycles. The van der Waals surface area contributed by atoms with Crippen LogP contribution in [0.15, 0.2) is 18.3 Å². The van der Waals surface area contributed by atoms with Crippen molar-refractivity contribution in [3.63, 3.8) is 0 Å². The van der Waals surface area contributed by atoms with Crippen LogP contribution in [0.25, 0.3) is 0 Å². The van der Waals surface area contributed by atoms with Gasteiger partial charge in [-0.05, 0) is 24.5 Å². The maximum atomic E-state index is 9.44. The predicted octanol–water partition coefficient (Wildman–Crippen LogP) is 0.747. The number of nitrogens with zero attached hydrogens (tertiary/aromatic N) is 2. The van der Waals surface area contributed by atoms with Crippen molar-refractivity contribution in [2.75, 3.05) is 18.1 Å². The van der Waals surface area contributed by atoms with E-state index < -0.39 is 0 Å². The van der Waals surface area contributed by atoms with Crippen LogP contribution in [-0.4, -0.2) is 29.3 Å². The minimum atomic E-state index is 0.195. The second kappa shape index (κ2) is 4.80. The largest absolute Gasteiger partial charge is 0.394 e. The van der Waals surface area contributed by atoms with Crippen LogP contribution < -0.4 is 10.6 Å². The van der Waals surface area contributed by atoms with E-state index in [0.29, 0.717) is 12.5 Å². The van der Waals surface area contributed by atoms with E-state index in [1.807, 2.05) is 12.1 Å². The Kier molecular flexibility index (Phi) is 3.41. The van der Waals surface area contributed by atoms with Crippen LogP contribution in [0.5, 0.6) is 0 Å². The van der Waals surface area contributed by atoms with Gasteiger partial charge in [-0.3, -0.25) is 4.98 Å². The van der Waals surface area contributed by atoms with Crippen LogP contribution in [0.3, 0.4) is 0 Å². The topological polar surface area (TPSA) is 62.4 Å². The zero-order valence-corrected chi connectivity index (χ0v) is 9.63. The molecule has 0 amide bonds. The first-order valence-electron chi connectivity index (χ1n) is 5.79. The standard InChI is InChI=1S/C12H19N3O/c1-9-4-6-15(12(9)8-16)11-3-2-5-14-10(11)7-13/h2-3,5,9,12,16H,4,6-8,13H2,1H3. The normalized spacial score (nSPS) is 25.1. The number of nitrogens with two attached hydrogens (primary N) is 1. The van der Waals surface area contributed by atoms with Gasteiger partial charge < -0.3 is 15.7 Å². The van der Waals surface area contributed by atoms with Crippen molar-refractivity contribution < 1.29 is 5.11 Å². The molecule has 2 rings (SSSR count). The molecule has 4 heteroatoms. The van der Waals surface area contributed by atoms with Crippen molar-refractivity contribution >= 4 is 5.69 Å². The predicted molar refractivity (Wildman–Crippen MR) is 64.1 cm³/mol. The molecule has 1 aromatic heterocycles. The smallest absolute Gasteiger partial charge is 0.0772 e. The Balaban J connectivity index is 2.29. The fourth-order valence-corrected chi connectivity index (χ4v) is 2.43. The minimum absolute atomic E-state index is 0.195. The second-order valence-corrected chi connectivity index (χ2v) is 4.38. The van der Waals surface area contributed by atoms with Crippen molar-refractivity contribution in [2.45, 2.75) is 25.9 Å². The zero-order valence-electron chi connectivity index (χ0n) is 9.63. The summed E-state index contributed by atoms with van der Waals surface area (Å²) < 4.78 is 0. The van der Waals surface area contributed by atoms with E-state index in [9.17, 15) is 5.11 Å². The molecule has 0 radical (unpaired) electrons. The highest BCUT2D eigenvalue weighted by Gasteiger charge is 2.31. The van der Waals surface area contributed by atoms with Gasteiger partial charge in [0.1, 0.15) is 0 Å². The molecule has 4 nitrogen and oxygen atoms in total. The van der Waals surface area contributed by atoms with Gasteiger partial charge in [0.15, 0.2) is 0 Å². The van der Waals surface area contributed by atoms with Gasteiger partial charge in [0.25, 0.3) is 0 Å². The Morgan fingerprint density at radius 3 is 3.12 bits per heavy atom. The van der Waals surface area contributed by atoms with Gasteiger partial charge in [-0.15, -0.1) is 0 Å². The third-order valence-corrected chi connectivity index (χ3v) is 3.44. The van der Waals surface area contributed by atoms with Gasteiger partial charge in [0.2, 0.25) is 0 Å². The number of aliphatic hydroxyl groups excluding tert-OH is 1. The van der Waals surface area contributed by atoms with Gasteiger partial charge >= 0.3 is 0 Å². The molecular formula is C12H19N3O. The van der Waals surface area contributed by atoms with E-state index in [2.05, 4.69) is 16.8 Å². The summed E-state index contributed by atoms with van der Waals surface area (Å²) in [5.74, 6) is 0.524. The average Bonchev–Trinajstić information content (AvgIpc) is 2.70. The van der Waals surface area contributed by atoms with Crippen molar-refractivity contribution in [1.29, 1.82) is 0 Å². The summed E-state index contributed by atoms with van der Waals surface area (Å²) in [4.78, 5) is 6.52. The Labute approximate surface area is 96.1 Å². The maximum absolute atomic E-state index is 9.44. The van der Waals surface area contributed by atoms with E-state index in [1.54, 1.807) is 6.20 Å².